The Balaban J connectivity index is 1.64. The number of nitrogens with one attached hydrogen (secondary N) is 1. The number of hydrogen-bond donors (Lipinski definition) is 1. The van der Waals surface area contributed by atoms with Gasteiger partial charge in [-0.2, -0.15) is 0 Å². The normalized spacial score (nSPS) is 10.2. The fraction of sp³-hybridized carbons (Fsp3) is 0.130. The molecule has 0 aliphatic rings. The van der Waals surface area contributed by atoms with Crippen LogP contribution in [0.4, 0.5) is 11.4 Å². The van der Waals surface area contributed by atoms with Crippen molar-refractivity contribution >= 4 is 23.3 Å². The second-order valence-corrected chi connectivity index (χ2v) is 6.59. The van der Waals surface area contributed by atoms with Crippen molar-refractivity contribution in [3.8, 4) is 5.75 Å². The topological polar surface area (TPSA) is 108 Å². The molecule has 0 heterocycles. The van der Waals surface area contributed by atoms with E-state index in [0.717, 1.165) is 11.1 Å². The molecule has 8 nitrogen and oxygen atoms in total. The molecule has 0 spiro atoms. The lowest BCUT2D eigenvalue weighted by Crippen LogP contribution is -2.21. The molecule has 0 aromatic heterocycles. The monoisotopic (exact) mass is 420 g/mol. The largest absolute Gasteiger partial charge is 0.494 e. The number of hydrogen-bond acceptors (Lipinski definition) is 6. The zero-order valence-corrected chi connectivity index (χ0v) is 16.7. The highest BCUT2D eigenvalue weighted by Crippen LogP contribution is 2.29. The fourth-order valence-corrected chi connectivity index (χ4v) is 2.98. The van der Waals surface area contributed by atoms with E-state index in [-0.39, 0.29) is 17.1 Å². The van der Waals surface area contributed by atoms with Crippen LogP contribution in [0.25, 0.3) is 0 Å². The van der Waals surface area contributed by atoms with Gasteiger partial charge in [0.15, 0.2) is 6.61 Å². The summed E-state index contributed by atoms with van der Waals surface area (Å²) in [6.07, 6.45) is 0.554. The molecule has 0 fully saturated rings. The van der Waals surface area contributed by atoms with Crippen molar-refractivity contribution in [1.29, 1.82) is 0 Å². The average Bonchev–Trinajstić information content (AvgIpc) is 2.78. The maximum atomic E-state index is 12.6. The molecule has 3 rings (SSSR count). The Kier molecular flexibility index (Phi) is 6.95. The third-order valence-electron chi connectivity index (χ3n) is 4.48. The lowest BCUT2D eigenvalue weighted by molar-refractivity contribution is -0.384. The Morgan fingerprint density at radius 2 is 1.71 bits per heavy atom. The number of non-ortho nitro benzene ring substituents is 1. The van der Waals surface area contributed by atoms with Crippen LogP contribution in [0.5, 0.6) is 5.75 Å². The van der Waals surface area contributed by atoms with Crippen LogP contribution in [0.3, 0.4) is 0 Å². The van der Waals surface area contributed by atoms with E-state index in [4.69, 9.17) is 9.47 Å². The number of rotatable bonds is 8. The van der Waals surface area contributed by atoms with Crippen molar-refractivity contribution in [2.75, 3.05) is 19.0 Å². The molecule has 1 N–H and O–H groups in total. The van der Waals surface area contributed by atoms with Gasteiger partial charge in [0.2, 0.25) is 0 Å². The predicted octanol–water partition coefficient (Wildman–Crippen LogP) is 3.99. The third kappa shape index (κ3) is 5.66. The Labute approximate surface area is 178 Å². The number of nitrogens with zero attached hydrogens (tertiary/aromatic N) is 1. The zero-order chi connectivity index (χ0) is 22.2. The maximum Gasteiger partial charge on any atom is 0.338 e. The van der Waals surface area contributed by atoms with Crippen molar-refractivity contribution in [3.05, 3.63) is 99.6 Å². The first-order valence-electron chi connectivity index (χ1n) is 9.39. The standard InChI is InChI=1S/C23H20N2O6/c1-30-21-14-18(25(28)29)11-12-20(21)24-22(26)15-31-23(27)19-10-6-5-9-17(19)13-16-7-3-2-4-8-16/h2-12,14H,13,15H2,1H3,(H,24,26). The zero-order valence-electron chi connectivity index (χ0n) is 16.7. The van der Waals surface area contributed by atoms with Gasteiger partial charge in [0, 0.05) is 6.07 Å². The summed E-state index contributed by atoms with van der Waals surface area (Å²) in [5.41, 5.74) is 2.28. The van der Waals surface area contributed by atoms with Crippen LogP contribution in [0.15, 0.2) is 72.8 Å². The molecule has 31 heavy (non-hydrogen) atoms. The molecule has 0 radical (unpaired) electrons. The molecule has 3 aromatic carbocycles. The molecule has 0 unspecified atom stereocenters. The SMILES string of the molecule is COc1cc([N+](=O)[O-])ccc1NC(=O)COC(=O)c1ccccc1Cc1ccccc1. The Morgan fingerprint density at radius 3 is 2.42 bits per heavy atom. The lowest BCUT2D eigenvalue weighted by Gasteiger charge is -2.12. The summed E-state index contributed by atoms with van der Waals surface area (Å²) in [5, 5.41) is 13.4. The van der Waals surface area contributed by atoms with Gasteiger partial charge in [0.25, 0.3) is 11.6 Å². The molecule has 0 atom stereocenters. The van der Waals surface area contributed by atoms with E-state index in [2.05, 4.69) is 5.32 Å². The van der Waals surface area contributed by atoms with Crippen molar-refractivity contribution in [2.24, 2.45) is 0 Å². The Hall–Kier alpha value is -4.20. The summed E-state index contributed by atoms with van der Waals surface area (Å²) in [7, 11) is 1.33. The number of carbonyl (C=O) groups excluding carboxylic acids is 2. The van der Waals surface area contributed by atoms with Crippen molar-refractivity contribution in [3.63, 3.8) is 0 Å². The molecular formula is C23H20N2O6. The van der Waals surface area contributed by atoms with E-state index in [1.54, 1.807) is 12.1 Å². The first kappa shape index (κ1) is 21.5. The highest BCUT2D eigenvalue weighted by Gasteiger charge is 2.17. The fourth-order valence-electron chi connectivity index (χ4n) is 2.98. The molecule has 3 aromatic rings. The number of ether oxygens (including phenoxy) is 2. The molecule has 0 aliphatic heterocycles. The van der Waals surface area contributed by atoms with Crippen LogP contribution in [-0.2, 0) is 16.0 Å². The van der Waals surface area contributed by atoms with Crippen LogP contribution in [0.1, 0.15) is 21.5 Å². The lowest BCUT2D eigenvalue weighted by atomic mass is 10.00. The van der Waals surface area contributed by atoms with Gasteiger partial charge in [0.1, 0.15) is 5.75 Å². The third-order valence-corrected chi connectivity index (χ3v) is 4.48. The van der Waals surface area contributed by atoms with Gasteiger partial charge in [-0.25, -0.2) is 4.79 Å². The smallest absolute Gasteiger partial charge is 0.338 e. The molecule has 158 valence electrons. The molecule has 0 bridgehead atoms. The number of nitro groups is 1. The van der Waals surface area contributed by atoms with Crippen LogP contribution < -0.4 is 10.1 Å². The second kappa shape index (κ2) is 10.0. The van der Waals surface area contributed by atoms with Gasteiger partial charge in [-0.3, -0.25) is 14.9 Å². The minimum atomic E-state index is -0.614. The Bertz CT molecular complexity index is 1100. The van der Waals surface area contributed by atoms with Crippen molar-refractivity contribution in [2.45, 2.75) is 6.42 Å². The van der Waals surface area contributed by atoms with E-state index in [0.29, 0.717) is 12.0 Å². The van der Waals surface area contributed by atoms with Crippen LogP contribution >= 0.6 is 0 Å². The number of esters is 1. The minimum Gasteiger partial charge on any atom is -0.494 e. The number of methoxy groups -OCH3 is 1. The summed E-state index contributed by atoms with van der Waals surface area (Å²) >= 11 is 0. The molecule has 0 aliphatic carbocycles. The highest BCUT2D eigenvalue weighted by atomic mass is 16.6. The van der Waals surface area contributed by atoms with Crippen LogP contribution in [-0.4, -0.2) is 30.5 Å². The van der Waals surface area contributed by atoms with Crippen LogP contribution in [0, 0.1) is 10.1 Å². The van der Waals surface area contributed by atoms with Gasteiger partial charge in [-0.1, -0.05) is 48.5 Å². The highest BCUT2D eigenvalue weighted by molar-refractivity contribution is 5.97. The minimum absolute atomic E-state index is 0.127. The average molecular weight is 420 g/mol. The number of carbonyl (C=O) groups is 2. The van der Waals surface area contributed by atoms with Crippen molar-refractivity contribution in [1.82, 2.24) is 0 Å². The molecule has 0 saturated carbocycles. The summed E-state index contributed by atoms with van der Waals surface area (Å²) < 4.78 is 10.3. The number of nitro benzene ring substituents is 1. The van der Waals surface area contributed by atoms with Crippen LogP contribution in [0.2, 0.25) is 0 Å². The number of benzene rings is 3. The molecule has 1 amide bonds. The van der Waals surface area contributed by atoms with E-state index in [9.17, 15) is 19.7 Å². The maximum absolute atomic E-state index is 12.6. The number of amides is 1. The van der Waals surface area contributed by atoms with Crippen molar-refractivity contribution < 1.29 is 24.0 Å². The van der Waals surface area contributed by atoms with Gasteiger partial charge in [0.05, 0.1) is 29.4 Å². The summed E-state index contributed by atoms with van der Waals surface area (Å²) in [6, 6.07) is 20.5. The first-order chi connectivity index (χ1) is 15.0. The van der Waals surface area contributed by atoms with E-state index in [1.807, 2.05) is 42.5 Å². The predicted molar refractivity (Wildman–Crippen MR) is 114 cm³/mol. The van der Waals surface area contributed by atoms with Gasteiger partial charge in [-0.05, 0) is 29.7 Å². The van der Waals surface area contributed by atoms with E-state index in [1.165, 1.54) is 25.3 Å². The Morgan fingerprint density at radius 1 is 1.00 bits per heavy atom. The van der Waals surface area contributed by atoms with E-state index >= 15 is 0 Å². The summed E-state index contributed by atoms with van der Waals surface area (Å²) in [4.78, 5) is 35.1. The summed E-state index contributed by atoms with van der Waals surface area (Å²) in [5.74, 6) is -1.08. The van der Waals surface area contributed by atoms with Gasteiger partial charge >= 0.3 is 5.97 Å². The van der Waals surface area contributed by atoms with Gasteiger partial charge in [-0.15, -0.1) is 0 Å². The number of anilines is 1. The quantitative estimate of drug-likeness (QED) is 0.335. The second-order valence-electron chi connectivity index (χ2n) is 6.59. The summed E-state index contributed by atoms with van der Waals surface area (Å²) in [6.45, 7) is -0.515. The molecular weight excluding hydrogens is 400 g/mol. The van der Waals surface area contributed by atoms with Gasteiger partial charge < -0.3 is 14.8 Å². The first-order valence-corrected chi connectivity index (χ1v) is 9.39. The molecule has 0 saturated heterocycles. The molecule has 8 heteroatoms. The van der Waals surface area contributed by atoms with E-state index < -0.39 is 23.4 Å².